The predicted molar refractivity (Wildman–Crippen MR) is 72.3 cm³/mol. The van der Waals surface area contributed by atoms with E-state index in [-0.39, 0.29) is 0 Å². The molecule has 0 aliphatic carbocycles. The molecule has 0 aromatic heterocycles. The summed E-state index contributed by atoms with van der Waals surface area (Å²) in [5, 5.41) is 0. The lowest BCUT2D eigenvalue weighted by molar-refractivity contribution is -0.122. The zero-order chi connectivity index (χ0) is 13.6. The average molecular weight is 250 g/mol. The van der Waals surface area contributed by atoms with Gasteiger partial charge in [-0.3, -0.25) is 4.79 Å². The van der Waals surface area contributed by atoms with E-state index < -0.39 is 11.4 Å². The highest BCUT2D eigenvalue weighted by molar-refractivity contribution is 5.83. The summed E-state index contributed by atoms with van der Waals surface area (Å²) in [5.41, 5.74) is 11.2. The Morgan fingerprint density at radius 3 is 2.44 bits per heavy atom. The van der Waals surface area contributed by atoms with Crippen LogP contribution in [-0.2, 0) is 4.79 Å². The van der Waals surface area contributed by atoms with Gasteiger partial charge in [0.1, 0.15) is 5.75 Å². The lowest BCUT2D eigenvalue weighted by atomic mass is 9.96. The van der Waals surface area contributed by atoms with Crippen molar-refractivity contribution in [2.45, 2.75) is 38.6 Å². The Morgan fingerprint density at radius 2 is 1.89 bits per heavy atom. The zero-order valence-electron chi connectivity index (χ0n) is 11.1. The summed E-state index contributed by atoms with van der Waals surface area (Å²) in [7, 11) is 0. The molecule has 100 valence electrons. The summed E-state index contributed by atoms with van der Waals surface area (Å²) in [6.07, 6.45) is 2.26. The van der Waals surface area contributed by atoms with E-state index in [1.54, 1.807) is 6.92 Å². The Kier molecular flexibility index (Phi) is 5.16. The SMILES string of the molecule is Cc1ccc(OCCCCC(C)(N)C(N)=O)cc1. The summed E-state index contributed by atoms with van der Waals surface area (Å²) in [4.78, 5) is 11.0. The number of ether oxygens (including phenoxy) is 1. The number of carbonyl (C=O) groups is 1. The second-order valence-corrected chi connectivity index (χ2v) is 4.90. The summed E-state index contributed by atoms with van der Waals surface area (Å²) < 4.78 is 5.58. The molecule has 18 heavy (non-hydrogen) atoms. The summed E-state index contributed by atoms with van der Waals surface area (Å²) in [5.74, 6) is 0.410. The minimum absolute atomic E-state index is 0.457. The van der Waals surface area contributed by atoms with E-state index in [0.29, 0.717) is 13.0 Å². The number of rotatable bonds is 7. The molecule has 0 aliphatic heterocycles. The minimum atomic E-state index is -0.913. The molecule has 0 spiro atoms. The van der Waals surface area contributed by atoms with E-state index in [4.69, 9.17) is 16.2 Å². The molecule has 1 aromatic rings. The normalized spacial score (nSPS) is 13.9. The first-order chi connectivity index (χ1) is 8.42. The van der Waals surface area contributed by atoms with Crippen molar-refractivity contribution in [3.63, 3.8) is 0 Å². The van der Waals surface area contributed by atoms with Crippen molar-refractivity contribution in [2.75, 3.05) is 6.61 Å². The lowest BCUT2D eigenvalue weighted by Gasteiger charge is -2.19. The van der Waals surface area contributed by atoms with Gasteiger partial charge in [0.25, 0.3) is 0 Å². The van der Waals surface area contributed by atoms with Crippen LogP contribution in [0.4, 0.5) is 0 Å². The third kappa shape index (κ3) is 4.75. The first-order valence-electron chi connectivity index (χ1n) is 6.20. The van der Waals surface area contributed by atoms with Gasteiger partial charge in [-0.2, -0.15) is 0 Å². The van der Waals surface area contributed by atoms with Gasteiger partial charge in [-0.15, -0.1) is 0 Å². The van der Waals surface area contributed by atoms with Gasteiger partial charge in [-0.1, -0.05) is 17.7 Å². The van der Waals surface area contributed by atoms with Gasteiger partial charge in [-0.05, 0) is 45.2 Å². The number of benzene rings is 1. The van der Waals surface area contributed by atoms with Crippen LogP contribution in [0.5, 0.6) is 5.75 Å². The smallest absolute Gasteiger partial charge is 0.237 e. The molecule has 0 saturated carbocycles. The number of hydrogen-bond acceptors (Lipinski definition) is 3. The van der Waals surface area contributed by atoms with E-state index in [9.17, 15) is 4.79 Å². The number of unbranched alkanes of at least 4 members (excludes halogenated alkanes) is 1. The van der Waals surface area contributed by atoms with Gasteiger partial charge in [0.2, 0.25) is 5.91 Å². The molecule has 4 heteroatoms. The van der Waals surface area contributed by atoms with E-state index in [1.807, 2.05) is 31.2 Å². The van der Waals surface area contributed by atoms with Crippen LogP contribution in [0.1, 0.15) is 31.7 Å². The lowest BCUT2D eigenvalue weighted by Crippen LogP contribution is -2.49. The van der Waals surface area contributed by atoms with Crippen molar-refractivity contribution in [3.8, 4) is 5.75 Å². The van der Waals surface area contributed by atoms with Crippen LogP contribution in [0.15, 0.2) is 24.3 Å². The first-order valence-corrected chi connectivity index (χ1v) is 6.20. The molecule has 1 amide bonds. The number of amides is 1. The molecule has 0 saturated heterocycles. The minimum Gasteiger partial charge on any atom is -0.494 e. The van der Waals surface area contributed by atoms with E-state index in [2.05, 4.69) is 0 Å². The number of hydrogen-bond donors (Lipinski definition) is 2. The Labute approximate surface area is 108 Å². The summed E-state index contributed by atoms with van der Waals surface area (Å²) in [6.45, 7) is 4.32. The van der Waals surface area contributed by atoms with Gasteiger partial charge in [-0.25, -0.2) is 0 Å². The first kappa shape index (κ1) is 14.5. The third-order valence-corrected chi connectivity index (χ3v) is 2.94. The monoisotopic (exact) mass is 250 g/mol. The van der Waals surface area contributed by atoms with E-state index >= 15 is 0 Å². The van der Waals surface area contributed by atoms with Gasteiger partial charge < -0.3 is 16.2 Å². The fourth-order valence-corrected chi connectivity index (χ4v) is 1.54. The van der Waals surface area contributed by atoms with Crippen LogP contribution >= 0.6 is 0 Å². The molecule has 1 atom stereocenters. The highest BCUT2D eigenvalue weighted by Crippen LogP contribution is 2.13. The largest absolute Gasteiger partial charge is 0.494 e. The third-order valence-electron chi connectivity index (χ3n) is 2.94. The molecule has 0 radical (unpaired) electrons. The number of aryl methyl sites for hydroxylation is 1. The van der Waals surface area contributed by atoms with Crippen molar-refractivity contribution in [1.29, 1.82) is 0 Å². The number of primary amides is 1. The summed E-state index contributed by atoms with van der Waals surface area (Å²) in [6, 6.07) is 7.93. The average Bonchev–Trinajstić information content (AvgIpc) is 2.31. The fraction of sp³-hybridized carbons (Fsp3) is 0.500. The van der Waals surface area contributed by atoms with Crippen LogP contribution < -0.4 is 16.2 Å². The maximum atomic E-state index is 11.0. The molecule has 0 fully saturated rings. The number of carbonyl (C=O) groups excluding carboxylic acids is 1. The zero-order valence-corrected chi connectivity index (χ0v) is 11.1. The predicted octanol–water partition coefficient (Wildman–Crippen LogP) is 1.75. The second kappa shape index (κ2) is 6.40. The van der Waals surface area contributed by atoms with Gasteiger partial charge in [0.15, 0.2) is 0 Å². The molecule has 4 nitrogen and oxygen atoms in total. The maximum Gasteiger partial charge on any atom is 0.237 e. The van der Waals surface area contributed by atoms with Crippen molar-refractivity contribution in [1.82, 2.24) is 0 Å². The molecule has 1 unspecified atom stereocenters. The van der Waals surface area contributed by atoms with Crippen LogP contribution in [0.2, 0.25) is 0 Å². The molecule has 4 N–H and O–H groups in total. The standard InChI is InChI=1S/C14H22N2O2/c1-11-5-7-12(8-6-11)18-10-4-3-9-14(2,16)13(15)17/h5-8H,3-4,9-10,16H2,1-2H3,(H2,15,17). The quantitative estimate of drug-likeness (QED) is 0.724. The highest BCUT2D eigenvalue weighted by atomic mass is 16.5. The second-order valence-electron chi connectivity index (χ2n) is 4.90. The Hall–Kier alpha value is -1.55. The molecule has 0 bridgehead atoms. The van der Waals surface area contributed by atoms with Crippen molar-refractivity contribution >= 4 is 5.91 Å². The van der Waals surface area contributed by atoms with Crippen molar-refractivity contribution in [2.24, 2.45) is 11.5 Å². The van der Waals surface area contributed by atoms with Crippen LogP contribution in [-0.4, -0.2) is 18.1 Å². The van der Waals surface area contributed by atoms with Gasteiger partial charge >= 0.3 is 0 Å². The van der Waals surface area contributed by atoms with Gasteiger partial charge in [0, 0.05) is 0 Å². The fourth-order valence-electron chi connectivity index (χ4n) is 1.54. The van der Waals surface area contributed by atoms with Crippen molar-refractivity contribution in [3.05, 3.63) is 29.8 Å². The molecular formula is C14H22N2O2. The topological polar surface area (TPSA) is 78.3 Å². The van der Waals surface area contributed by atoms with E-state index in [0.717, 1.165) is 18.6 Å². The Morgan fingerprint density at radius 1 is 1.28 bits per heavy atom. The van der Waals surface area contributed by atoms with Crippen LogP contribution in [0, 0.1) is 6.92 Å². The summed E-state index contributed by atoms with van der Waals surface area (Å²) >= 11 is 0. The van der Waals surface area contributed by atoms with Crippen molar-refractivity contribution < 1.29 is 9.53 Å². The van der Waals surface area contributed by atoms with Crippen LogP contribution in [0.25, 0.3) is 0 Å². The van der Waals surface area contributed by atoms with Crippen LogP contribution in [0.3, 0.4) is 0 Å². The maximum absolute atomic E-state index is 11.0. The van der Waals surface area contributed by atoms with Gasteiger partial charge in [0.05, 0.1) is 12.1 Å². The Balaban J connectivity index is 2.20. The highest BCUT2D eigenvalue weighted by Gasteiger charge is 2.24. The molecule has 1 aromatic carbocycles. The number of nitrogens with two attached hydrogens (primary N) is 2. The Bertz CT molecular complexity index is 385. The molecule has 0 heterocycles. The molecule has 1 rings (SSSR count). The van der Waals surface area contributed by atoms with E-state index in [1.165, 1.54) is 5.56 Å². The molecule has 0 aliphatic rings. The molecular weight excluding hydrogens is 228 g/mol.